The van der Waals surface area contributed by atoms with Crippen LogP contribution >= 0.6 is 0 Å². The maximum Gasteiger partial charge on any atom is 0.303 e. The first-order valence-electron chi connectivity index (χ1n) is 6.27. The van der Waals surface area contributed by atoms with E-state index >= 15 is 0 Å². The molecule has 0 heterocycles. The van der Waals surface area contributed by atoms with Gasteiger partial charge in [-0.15, -0.1) is 13.2 Å². The SMILES string of the molecule is C=CCc1cc(C(C)CC(=O)O)cc(CC=C)c1O. The number of phenols is 1. The summed E-state index contributed by atoms with van der Waals surface area (Å²) >= 11 is 0. The Bertz CT molecular complexity index is 458. The second-order valence-electron chi connectivity index (χ2n) is 4.67. The zero-order chi connectivity index (χ0) is 14.4. The van der Waals surface area contributed by atoms with Crippen molar-refractivity contribution in [2.45, 2.75) is 32.1 Å². The van der Waals surface area contributed by atoms with Crippen molar-refractivity contribution in [3.63, 3.8) is 0 Å². The number of aromatic hydroxyl groups is 1. The Hall–Kier alpha value is -2.03. The first-order valence-corrected chi connectivity index (χ1v) is 6.27. The van der Waals surface area contributed by atoms with Crippen LogP contribution in [0.5, 0.6) is 5.75 Å². The predicted octanol–water partition coefficient (Wildman–Crippen LogP) is 3.43. The maximum atomic E-state index is 10.8. The maximum absolute atomic E-state index is 10.8. The van der Waals surface area contributed by atoms with Crippen LogP contribution in [0.2, 0.25) is 0 Å². The zero-order valence-electron chi connectivity index (χ0n) is 11.2. The molecular weight excluding hydrogens is 240 g/mol. The molecule has 0 fully saturated rings. The first-order chi connectivity index (χ1) is 8.99. The fourth-order valence-corrected chi connectivity index (χ4v) is 2.07. The fraction of sp³-hybridized carbons (Fsp3) is 0.312. The Labute approximate surface area is 113 Å². The molecule has 0 saturated heterocycles. The molecule has 0 aromatic heterocycles. The topological polar surface area (TPSA) is 57.5 Å². The van der Waals surface area contributed by atoms with Crippen molar-refractivity contribution in [3.8, 4) is 5.75 Å². The van der Waals surface area contributed by atoms with Crippen molar-refractivity contribution in [2.24, 2.45) is 0 Å². The average molecular weight is 260 g/mol. The molecule has 0 aliphatic carbocycles. The van der Waals surface area contributed by atoms with Crippen LogP contribution in [0.15, 0.2) is 37.4 Å². The van der Waals surface area contributed by atoms with Crippen LogP contribution in [0.3, 0.4) is 0 Å². The third kappa shape index (κ3) is 3.98. The van der Waals surface area contributed by atoms with Crippen LogP contribution < -0.4 is 0 Å². The molecule has 1 atom stereocenters. The Morgan fingerprint density at radius 2 is 1.74 bits per heavy atom. The second kappa shape index (κ2) is 6.78. The number of carboxylic acid groups (broad SMARTS) is 1. The Balaban J connectivity index is 3.20. The number of aliphatic carboxylic acids is 1. The zero-order valence-corrected chi connectivity index (χ0v) is 11.2. The lowest BCUT2D eigenvalue weighted by Crippen LogP contribution is -2.04. The van der Waals surface area contributed by atoms with E-state index in [1.54, 1.807) is 12.2 Å². The van der Waals surface area contributed by atoms with E-state index in [1.165, 1.54) is 0 Å². The molecule has 0 amide bonds. The van der Waals surface area contributed by atoms with Crippen molar-refractivity contribution < 1.29 is 15.0 Å². The highest BCUT2D eigenvalue weighted by Gasteiger charge is 2.15. The lowest BCUT2D eigenvalue weighted by atomic mass is 9.91. The first kappa shape index (κ1) is 15.0. The molecule has 1 unspecified atom stereocenters. The third-order valence-corrected chi connectivity index (χ3v) is 3.07. The van der Waals surface area contributed by atoms with Crippen LogP contribution in [0.25, 0.3) is 0 Å². The molecule has 0 bridgehead atoms. The van der Waals surface area contributed by atoms with E-state index in [4.69, 9.17) is 5.11 Å². The minimum atomic E-state index is -0.823. The molecule has 0 aliphatic heterocycles. The van der Waals surface area contributed by atoms with E-state index in [9.17, 15) is 9.90 Å². The molecule has 1 aromatic rings. The third-order valence-electron chi connectivity index (χ3n) is 3.07. The summed E-state index contributed by atoms with van der Waals surface area (Å²) in [6, 6.07) is 3.72. The van der Waals surface area contributed by atoms with Crippen LogP contribution in [-0.4, -0.2) is 16.2 Å². The number of allylic oxidation sites excluding steroid dienone is 2. The molecular formula is C16H20O3. The highest BCUT2D eigenvalue weighted by Crippen LogP contribution is 2.30. The van der Waals surface area contributed by atoms with Gasteiger partial charge in [0, 0.05) is 0 Å². The van der Waals surface area contributed by atoms with Gasteiger partial charge in [-0.2, -0.15) is 0 Å². The van der Waals surface area contributed by atoms with Crippen molar-refractivity contribution in [2.75, 3.05) is 0 Å². The van der Waals surface area contributed by atoms with Gasteiger partial charge in [0.25, 0.3) is 0 Å². The minimum absolute atomic E-state index is 0.0752. The van der Waals surface area contributed by atoms with Gasteiger partial charge in [0.15, 0.2) is 0 Å². The fourth-order valence-electron chi connectivity index (χ4n) is 2.07. The Morgan fingerprint density at radius 1 is 1.26 bits per heavy atom. The molecule has 3 nitrogen and oxygen atoms in total. The summed E-state index contributed by atoms with van der Waals surface area (Å²) in [6.45, 7) is 9.21. The van der Waals surface area contributed by atoms with Gasteiger partial charge in [-0.3, -0.25) is 4.79 Å². The number of benzene rings is 1. The van der Waals surface area contributed by atoms with E-state index in [0.717, 1.165) is 16.7 Å². The normalized spacial score (nSPS) is 11.8. The minimum Gasteiger partial charge on any atom is -0.507 e. The van der Waals surface area contributed by atoms with Crippen LogP contribution in [0, 0.1) is 0 Å². The van der Waals surface area contributed by atoms with Gasteiger partial charge in [-0.05, 0) is 35.4 Å². The van der Waals surface area contributed by atoms with Gasteiger partial charge in [-0.25, -0.2) is 0 Å². The van der Waals surface area contributed by atoms with Crippen LogP contribution in [-0.2, 0) is 17.6 Å². The second-order valence-corrected chi connectivity index (χ2v) is 4.67. The summed E-state index contributed by atoms with van der Waals surface area (Å²) in [4.78, 5) is 10.8. The molecule has 102 valence electrons. The number of rotatable bonds is 7. The lowest BCUT2D eigenvalue weighted by Gasteiger charge is -2.15. The molecule has 2 N–H and O–H groups in total. The van der Waals surface area contributed by atoms with Crippen molar-refractivity contribution in [1.29, 1.82) is 0 Å². The summed E-state index contributed by atoms with van der Waals surface area (Å²) in [6.07, 6.45) is 4.63. The van der Waals surface area contributed by atoms with Gasteiger partial charge in [0.05, 0.1) is 6.42 Å². The van der Waals surface area contributed by atoms with Gasteiger partial charge in [0.1, 0.15) is 5.75 Å². The Kier molecular flexibility index (Phi) is 5.37. The van der Waals surface area contributed by atoms with E-state index < -0.39 is 5.97 Å². The van der Waals surface area contributed by atoms with E-state index in [-0.39, 0.29) is 18.1 Å². The molecule has 1 rings (SSSR count). The molecule has 3 heteroatoms. The quantitative estimate of drug-likeness (QED) is 0.738. The molecule has 19 heavy (non-hydrogen) atoms. The van der Waals surface area contributed by atoms with Crippen LogP contribution in [0.1, 0.15) is 36.0 Å². The smallest absolute Gasteiger partial charge is 0.303 e. The summed E-state index contributed by atoms with van der Waals surface area (Å²) < 4.78 is 0. The largest absolute Gasteiger partial charge is 0.507 e. The van der Waals surface area contributed by atoms with Crippen molar-refractivity contribution >= 4 is 5.97 Å². The van der Waals surface area contributed by atoms with Gasteiger partial charge in [-0.1, -0.05) is 31.2 Å². The molecule has 0 spiro atoms. The summed E-state index contributed by atoms with van der Waals surface area (Å²) in [5.41, 5.74) is 2.48. The predicted molar refractivity (Wildman–Crippen MR) is 76.6 cm³/mol. The van der Waals surface area contributed by atoms with Gasteiger partial charge in [0.2, 0.25) is 0 Å². The van der Waals surface area contributed by atoms with E-state index in [2.05, 4.69) is 13.2 Å². The summed E-state index contributed by atoms with van der Waals surface area (Å²) in [5.74, 6) is -0.660. The van der Waals surface area contributed by atoms with Gasteiger partial charge >= 0.3 is 5.97 Å². The van der Waals surface area contributed by atoms with E-state index in [0.29, 0.717) is 12.8 Å². The van der Waals surface area contributed by atoms with Gasteiger partial charge < -0.3 is 10.2 Å². The highest BCUT2D eigenvalue weighted by molar-refractivity contribution is 5.68. The van der Waals surface area contributed by atoms with Crippen LogP contribution in [0.4, 0.5) is 0 Å². The number of carboxylic acids is 1. The van der Waals surface area contributed by atoms with Crippen molar-refractivity contribution in [3.05, 3.63) is 54.1 Å². The molecule has 1 aromatic carbocycles. The monoisotopic (exact) mass is 260 g/mol. The van der Waals surface area contributed by atoms with Crippen molar-refractivity contribution in [1.82, 2.24) is 0 Å². The molecule has 0 saturated carbocycles. The number of hydrogen-bond donors (Lipinski definition) is 2. The number of carbonyl (C=O) groups is 1. The number of hydrogen-bond acceptors (Lipinski definition) is 2. The average Bonchev–Trinajstić information content (AvgIpc) is 2.33. The van der Waals surface area contributed by atoms with E-state index in [1.807, 2.05) is 19.1 Å². The number of phenolic OH excluding ortho intramolecular Hbond substituents is 1. The lowest BCUT2D eigenvalue weighted by molar-refractivity contribution is -0.137. The molecule has 0 radical (unpaired) electrons. The summed E-state index contributed by atoms with van der Waals surface area (Å²) in [7, 11) is 0. The molecule has 0 aliphatic rings. The highest BCUT2D eigenvalue weighted by atomic mass is 16.4. The standard InChI is InChI=1S/C16H20O3/c1-4-6-12-9-14(11(3)8-15(17)18)10-13(7-5-2)16(12)19/h4-5,9-11,19H,1-2,6-8H2,3H3,(H,17,18). The summed E-state index contributed by atoms with van der Waals surface area (Å²) in [5, 5.41) is 19.0. The Morgan fingerprint density at radius 3 is 2.11 bits per heavy atom.